The standard InChI is InChI=1S/C12H13NO9/c14-7-8(15)10(11(17)18)22-12(9(7)16)21-6-3-1-5(2-4-6)13(19)20/h1-4,7-10,12,14-16H,(H,17,18). The van der Waals surface area contributed by atoms with Crippen LogP contribution in [0.1, 0.15) is 0 Å². The molecule has 1 saturated heterocycles. The second kappa shape index (κ2) is 6.23. The molecule has 5 atom stereocenters. The molecule has 0 aromatic heterocycles. The van der Waals surface area contributed by atoms with E-state index in [9.17, 15) is 30.2 Å². The minimum absolute atomic E-state index is 0.0578. The Labute approximate surface area is 123 Å². The number of aliphatic hydroxyl groups excluding tert-OH is 3. The lowest BCUT2D eigenvalue weighted by Crippen LogP contribution is -2.61. The minimum Gasteiger partial charge on any atom is -0.479 e. The van der Waals surface area contributed by atoms with Crippen molar-refractivity contribution in [2.75, 3.05) is 0 Å². The summed E-state index contributed by atoms with van der Waals surface area (Å²) in [6, 6.07) is 4.73. The smallest absolute Gasteiger partial charge is 0.335 e. The molecule has 0 radical (unpaired) electrons. The minimum atomic E-state index is -1.82. The van der Waals surface area contributed by atoms with E-state index < -0.39 is 41.6 Å². The first-order chi connectivity index (χ1) is 10.3. The van der Waals surface area contributed by atoms with Crippen LogP contribution in [-0.2, 0) is 9.53 Å². The van der Waals surface area contributed by atoms with Crippen molar-refractivity contribution >= 4 is 11.7 Å². The maximum atomic E-state index is 10.9. The van der Waals surface area contributed by atoms with Crippen LogP contribution in [0.4, 0.5) is 5.69 Å². The molecule has 5 unspecified atom stereocenters. The molecule has 0 saturated carbocycles. The lowest BCUT2D eigenvalue weighted by Gasteiger charge is -2.38. The van der Waals surface area contributed by atoms with Gasteiger partial charge in [-0.2, -0.15) is 0 Å². The number of rotatable bonds is 4. The van der Waals surface area contributed by atoms with Crippen LogP contribution in [-0.4, -0.2) is 62.0 Å². The quantitative estimate of drug-likeness (QED) is 0.398. The van der Waals surface area contributed by atoms with Gasteiger partial charge in [-0.3, -0.25) is 10.1 Å². The second-order valence-electron chi connectivity index (χ2n) is 4.60. The van der Waals surface area contributed by atoms with E-state index in [4.69, 9.17) is 14.6 Å². The van der Waals surface area contributed by atoms with E-state index in [1.54, 1.807) is 0 Å². The summed E-state index contributed by atoms with van der Waals surface area (Å²) in [4.78, 5) is 20.8. The van der Waals surface area contributed by atoms with E-state index in [2.05, 4.69) is 0 Å². The van der Waals surface area contributed by atoms with Gasteiger partial charge >= 0.3 is 5.97 Å². The fourth-order valence-corrected chi connectivity index (χ4v) is 1.93. The highest BCUT2D eigenvalue weighted by Crippen LogP contribution is 2.25. The van der Waals surface area contributed by atoms with Gasteiger partial charge in [0.05, 0.1) is 4.92 Å². The molecule has 1 fully saturated rings. The Balaban J connectivity index is 2.13. The zero-order valence-corrected chi connectivity index (χ0v) is 11.0. The number of hydrogen-bond donors (Lipinski definition) is 4. The third-order valence-electron chi connectivity index (χ3n) is 3.11. The molecule has 4 N–H and O–H groups in total. The third kappa shape index (κ3) is 3.14. The number of hydrogen-bond acceptors (Lipinski definition) is 8. The number of nitrogens with zero attached hydrogens (tertiary/aromatic N) is 1. The van der Waals surface area contributed by atoms with Crippen molar-refractivity contribution in [2.45, 2.75) is 30.7 Å². The Hall–Kier alpha value is -2.27. The van der Waals surface area contributed by atoms with E-state index in [0.29, 0.717) is 0 Å². The molecule has 0 aliphatic carbocycles. The SMILES string of the molecule is O=C(O)C1OC(Oc2ccc([N+](=O)[O-])cc2)C(O)C(O)C1O. The molecule has 120 valence electrons. The molecule has 1 aliphatic heterocycles. The first-order valence-corrected chi connectivity index (χ1v) is 6.15. The Kier molecular flexibility index (Phi) is 4.56. The summed E-state index contributed by atoms with van der Waals surface area (Å²) in [5.74, 6) is -1.47. The van der Waals surface area contributed by atoms with Crippen LogP contribution in [0.15, 0.2) is 24.3 Å². The summed E-state index contributed by atoms with van der Waals surface area (Å²) >= 11 is 0. The summed E-state index contributed by atoms with van der Waals surface area (Å²) in [5.41, 5.74) is -0.184. The molecular formula is C12H13NO9. The summed E-state index contributed by atoms with van der Waals surface area (Å²) in [5, 5.41) is 48.3. The van der Waals surface area contributed by atoms with Gasteiger partial charge < -0.3 is 29.9 Å². The van der Waals surface area contributed by atoms with Crippen LogP contribution >= 0.6 is 0 Å². The van der Waals surface area contributed by atoms with Gasteiger partial charge in [-0.05, 0) is 12.1 Å². The van der Waals surface area contributed by atoms with Crippen LogP contribution in [0.25, 0.3) is 0 Å². The van der Waals surface area contributed by atoms with Crippen molar-refractivity contribution in [3.8, 4) is 5.75 Å². The highest BCUT2D eigenvalue weighted by atomic mass is 16.7. The average Bonchev–Trinajstić information content (AvgIpc) is 2.48. The highest BCUT2D eigenvalue weighted by Gasteiger charge is 2.48. The van der Waals surface area contributed by atoms with Crippen molar-refractivity contribution in [3.63, 3.8) is 0 Å². The maximum absolute atomic E-state index is 10.9. The highest BCUT2D eigenvalue weighted by molar-refractivity contribution is 5.73. The number of ether oxygens (including phenoxy) is 2. The first-order valence-electron chi connectivity index (χ1n) is 6.15. The van der Waals surface area contributed by atoms with Gasteiger partial charge in [0.15, 0.2) is 6.10 Å². The number of benzene rings is 1. The number of non-ortho nitro benzene ring substituents is 1. The molecular weight excluding hydrogens is 302 g/mol. The zero-order valence-electron chi connectivity index (χ0n) is 11.0. The summed E-state index contributed by atoms with van der Waals surface area (Å²) < 4.78 is 10.1. The first kappa shape index (κ1) is 16.1. The summed E-state index contributed by atoms with van der Waals surface area (Å²) in [6.45, 7) is 0. The number of nitro groups is 1. The third-order valence-corrected chi connectivity index (χ3v) is 3.11. The van der Waals surface area contributed by atoms with Gasteiger partial charge in [0, 0.05) is 12.1 Å². The number of aliphatic carboxylic acids is 1. The molecule has 0 amide bonds. The zero-order chi connectivity index (χ0) is 16.4. The van der Waals surface area contributed by atoms with Gasteiger partial charge in [-0.1, -0.05) is 0 Å². The summed E-state index contributed by atoms with van der Waals surface area (Å²) in [6.07, 6.45) is -8.62. The molecule has 2 rings (SSSR count). The van der Waals surface area contributed by atoms with E-state index in [1.165, 1.54) is 12.1 Å². The molecule has 1 heterocycles. The largest absolute Gasteiger partial charge is 0.479 e. The fourth-order valence-electron chi connectivity index (χ4n) is 1.93. The number of carboxylic acids is 1. The van der Waals surface area contributed by atoms with Crippen molar-refractivity contribution in [1.29, 1.82) is 0 Å². The number of carbonyl (C=O) groups is 1. The monoisotopic (exact) mass is 315 g/mol. The lowest BCUT2D eigenvalue weighted by molar-refractivity contribution is -0.384. The molecule has 1 aromatic rings. The van der Waals surface area contributed by atoms with E-state index >= 15 is 0 Å². The topological polar surface area (TPSA) is 160 Å². The van der Waals surface area contributed by atoms with Gasteiger partial charge in [0.2, 0.25) is 6.29 Å². The molecule has 22 heavy (non-hydrogen) atoms. The predicted molar refractivity (Wildman–Crippen MR) is 68.0 cm³/mol. The van der Waals surface area contributed by atoms with Crippen LogP contribution in [0, 0.1) is 10.1 Å². The molecule has 1 aromatic carbocycles. The number of carboxylic acid groups (broad SMARTS) is 1. The van der Waals surface area contributed by atoms with Crippen LogP contribution in [0.3, 0.4) is 0 Å². The average molecular weight is 315 g/mol. The van der Waals surface area contributed by atoms with E-state index in [0.717, 1.165) is 12.1 Å². The Morgan fingerprint density at radius 1 is 1.14 bits per heavy atom. The van der Waals surface area contributed by atoms with E-state index in [1.807, 2.05) is 0 Å². The van der Waals surface area contributed by atoms with Gasteiger partial charge in [-0.15, -0.1) is 0 Å². The van der Waals surface area contributed by atoms with Gasteiger partial charge in [0.25, 0.3) is 5.69 Å². The normalized spacial score (nSPS) is 31.5. The number of aliphatic hydroxyl groups is 3. The predicted octanol–water partition coefficient (Wildman–Crippen LogP) is -1.13. The van der Waals surface area contributed by atoms with Crippen molar-refractivity contribution < 1.29 is 39.6 Å². The van der Waals surface area contributed by atoms with Crippen LogP contribution in [0.5, 0.6) is 5.75 Å². The maximum Gasteiger partial charge on any atom is 0.335 e. The fraction of sp³-hybridized carbons (Fsp3) is 0.417. The molecule has 0 spiro atoms. The molecule has 10 heteroatoms. The van der Waals surface area contributed by atoms with Crippen molar-refractivity contribution in [3.05, 3.63) is 34.4 Å². The molecule has 10 nitrogen and oxygen atoms in total. The van der Waals surface area contributed by atoms with Crippen molar-refractivity contribution in [1.82, 2.24) is 0 Å². The number of nitro benzene ring substituents is 1. The summed E-state index contributed by atoms with van der Waals surface area (Å²) in [7, 11) is 0. The lowest BCUT2D eigenvalue weighted by atomic mass is 9.99. The molecule has 0 bridgehead atoms. The molecule has 1 aliphatic rings. The van der Waals surface area contributed by atoms with Crippen molar-refractivity contribution in [2.24, 2.45) is 0 Å². The Bertz CT molecular complexity index is 560. The Morgan fingerprint density at radius 3 is 2.23 bits per heavy atom. The van der Waals surface area contributed by atoms with Crippen LogP contribution < -0.4 is 4.74 Å². The van der Waals surface area contributed by atoms with E-state index in [-0.39, 0.29) is 11.4 Å². The Morgan fingerprint density at radius 2 is 1.73 bits per heavy atom. The van der Waals surface area contributed by atoms with Gasteiger partial charge in [-0.25, -0.2) is 4.79 Å². The second-order valence-corrected chi connectivity index (χ2v) is 4.60. The van der Waals surface area contributed by atoms with Crippen LogP contribution in [0.2, 0.25) is 0 Å². The van der Waals surface area contributed by atoms with Gasteiger partial charge in [0.1, 0.15) is 24.1 Å².